The molecule has 178 valence electrons. The van der Waals surface area contributed by atoms with Gasteiger partial charge in [-0.1, -0.05) is 42.5 Å². The van der Waals surface area contributed by atoms with Gasteiger partial charge in [-0.15, -0.1) is 11.8 Å². The average molecular weight is 484 g/mol. The minimum absolute atomic E-state index is 0.0931. The monoisotopic (exact) mass is 483 g/mol. The van der Waals surface area contributed by atoms with E-state index < -0.39 is 0 Å². The predicted molar refractivity (Wildman–Crippen MR) is 143 cm³/mol. The summed E-state index contributed by atoms with van der Waals surface area (Å²) in [7, 11) is 0. The van der Waals surface area contributed by atoms with Crippen LogP contribution in [0.1, 0.15) is 46.2 Å². The Bertz CT molecular complexity index is 1360. The Labute approximate surface area is 210 Å². The Morgan fingerprint density at radius 2 is 1.66 bits per heavy atom. The summed E-state index contributed by atoms with van der Waals surface area (Å²) >= 11 is 1.66. The number of likely N-dealkylation sites (tertiary alicyclic amines) is 1. The highest BCUT2D eigenvalue weighted by Crippen LogP contribution is 2.29. The van der Waals surface area contributed by atoms with Crippen LogP contribution in [0.25, 0.3) is 10.9 Å². The van der Waals surface area contributed by atoms with Gasteiger partial charge in [-0.05, 0) is 61.7 Å². The molecule has 1 saturated heterocycles. The first-order valence-electron chi connectivity index (χ1n) is 12.1. The van der Waals surface area contributed by atoms with E-state index in [1.807, 2.05) is 71.6 Å². The third-order valence-corrected chi connectivity index (χ3v) is 7.60. The van der Waals surface area contributed by atoms with Crippen molar-refractivity contribution in [1.82, 2.24) is 9.47 Å². The number of hydrogen-bond acceptors (Lipinski definition) is 3. The highest BCUT2D eigenvalue weighted by molar-refractivity contribution is 7.98. The molecule has 0 atom stereocenters. The van der Waals surface area contributed by atoms with Crippen molar-refractivity contribution in [2.24, 2.45) is 0 Å². The molecule has 1 aliphatic rings. The molecule has 0 aliphatic carbocycles. The lowest BCUT2D eigenvalue weighted by atomic mass is 10.2. The van der Waals surface area contributed by atoms with E-state index in [1.165, 1.54) is 5.56 Å². The van der Waals surface area contributed by atoms with Gasteiger partial charge in [0.05, 0.1) is 5.56 Å². The Morgan fingerprint density at radius 3 is 2.43 bits per heavy atom. The van der Waals surface area contributed by atoms with Gasteiger partial charge in [0, 0.05) is 46.9 Å². The molecule has 0 spiro atoms. The SMILES string of the molecule is CCn1c(C(=O)N2CCCC2)cc2cc(NC(=O)c3ccccc3SCc3ccccc3)ccc21. The van der Waals surface area contributed by atoms with Crippen molar-refractivity contribution >= 4 is 40.2 Å². The van der Waals surface area contributed by atoms with Gasteiger partial charge in [-0.2, -0.15) is 0 Å². The van der Waals surface area contributed by atoms with Gasteiger partial charge < -0.3 is 14.8 Å². The number of aromatic nitrogens is 1. The van der Waals surface area contributed by atoms with Gasteiger partial charge in [0.15, 0.2) is 0 Å². The van der Waals surface area contributed by atoms with Gasteiger partial charge in [0.1, 0.15) is 5.69 Å². The summed E-state index contributed by atoms with van der Waals surface area (Å²) < 4.78 is 2.07. The first-order chi connectivity index (χ1) is 17.1. The number of nitrogens with one attached hydrogen (secondary N) is 1. The molecule has 0 unspecified atom stereocenters. The molecule has 4 aromatic rings. The topological polar surface area (TPSA) is 54.3 Å². The molecule has 2 heterocycles. The quantitative estimate of drug-likeness (QED) is 0.308. The minimum atomic E-state index is -0.135. The van der Waals surface area contributed by atoms with E-state index in [-0.39, 0.29) is 11.8 Å². The van der Waals surface area contributed by atoms with Crippen LogP contribution in [-0.4, -0.2) is 34.4 Å². The molecule has 0 bridgehead atoms. The number of carbonyl (C=O) groups is 2. The smallest absolute Gasteiger partial charge is 0.270 e. The molecule has 6 heteroatoms. The van der Waals surface area contributed by atoms with E-state index in [0.717, 1.165) is 65.4 Å². The third-order valence-electron chi connectivity index (χ3n) is 6.46. The third kappa shape index (κ3) is 4.98. The Kier molecular flexibility index (Phi) is 6.91. The fraction of sp³-hybridized carbons (Fsp3) is 0.241. The molecule has 35 heavy (non-hydrogen) atoms. The molecule has 1 aliphatic heterocycles. The molecule has 3 aromatic carbocycles. The summed E-state index contributed by atoms with van der Waals surface area (Å²) in [5, 5.41) is 4.02. The summed E-state index contributed by atoms with van der Waals surface area (Å²) in [4.78, 5) is 29.2. The highest BCUT2D eigenvalue weighted by atomic mass is 32.2. The maximum absolute atomic E-state index is 13.2. The van der Waals surface area contributed by atoms with Gasteiger partial charge in [-0.25, -0.2) is 0 Å². The average Bonchev–Trinajstić information content (AvgIpc) is 3.56. The van der Waals surface area contributed by atoms with Crippen LogP contribution in [0.15, 0.2) is 83.8 Å². The van der Waals surface area contributed by atoms with Crippen molar-refractivity contribution in [3.8, 4) is 0 Å². The lowest BCUT2D eigenvalue weighted by Crippen LogP contribution is -2.29. The van der Waals surface area contributed by atoms with Crippen LogP contribution in [0, 0.1) is 0 Å². The fourth-order valence-corrected chi connectivity index (χ4v) is 5.67. The van der Waals surface area contributed by atoms with E-state index in [1.54, 1.807) is 11.8 Å². The molecule has 0 saturated carbocycles. The van der Waals surface area contributed by atoms with Crippen molar-refractivity contribution in [2.75, 3.05) is 18.4 Å². The fourth-order valence-electron chi connectivity index (χ4n) is 4.66. The van der Waals surface area contributed by atoms with Gasteiger partial charge >= 0.3 is 0 Å². The van der Waals surface area contributed by atoms with E-state index in [2.05, 4.69) is 28.9 Å². The van der Waals surface area contributed by atoms with E-state index >= 15 is 0 Å². The number of rotatable bonds is 7. The largest absolute Gasteiger partial charge is 0.337 e. The number of aryl methyl sites for hydroxylation is 1. The normalized spacial score (nSPS) is 13.3. The first-order valence-corrected chi connectivity index (χ1v) is 13.1. The van der Waals surface area contributed by atoms with E-state index in [9.17, 15) is 9.59 Å². The van der Waals surface area contributed by atoms with Gasteiger partial charge in [-0.3, -0.25) is 9.59 Å². The molecule has 5 nitrogen and oxygen atoms in total. The summed E-state index contributed by atoms with van der Waals surface area (Å²) in [6.45, 7) is 4.43. The maximum Gasteiger partial charge on any atom is 0.270 e. The summed E-state index contributed by atoms with van der Waals surface area (Å²) in [6, 6.07) is 25.8. The van der Waals surface area contributed by atoms with Crippen LogP contribution in [0.2, 0.25) is 0 Å². The van der Waals surface area contributed by atoms with Gasteiger partial charge in [0.25, 0.3) is 11.8 Å². The van der Waals surface area contributed by atoms with E-state index in [0.29, 0.717) is 5.56 Å². The lowest BCUT2D eigenvalue weighted by Gasteiger charge is -2.16. The molecule has 5 rings (SSSR count). The standard InChI is InChI=1S/C29H29N3O2S/c1-2-32-25-15-14-23(18-22(25)19-26(32)29(34)31-16-8-9-17-31)30-28(33)24-12-6-7-13-27(24)35-20-21-10-4-3-5-11-21/h3-7,10-15,18-19H,2,8-9,16-17,20H2,1H3,(H,30,33). The summed E-state index contributed by atoms with van der Waals surface area (Å²) in [6.07, 6.45) is 2.14. The zero-order chi connectivity index (χ0) is 24.2. The highest BCUT2D eigenvalue weighted by Gasteiger charge is 2.23. The molecule has 1 N–H and O–H groups in total. The summed E-state index contributed by atoms with van der Waals surface area (Å²) in [5.41, 5.74) is 4.32. The van der Waals surface area contributed by atoms with Crippen LogP contribution >= 0.6 is 11.8 Å². The Balaban J connectivity index is 1.36. The molecular formula is C29H29N3O2S. The second-order valence-electron chi connectivity index (χ2n) is 8.77. The second-order valence-corrected chi connectivity index (χ2v) is 9.79. The molecule has 0 radical (unpaired) electrons. The number of amides is 2. The van der Waals surface area contributed by atoms with E-state index in [4.69, 9.17) is 0 Å². The zero-order valence-corrected chi connectivity index (χ0v) is 20.7. The Morgan fingerprint density at radius 1 is 0.914 bits per heavy atom. The molecule has 1 fully saturated rings. The number of hydrogen-bond donors (Lipinski definition) is 1. The van der Waals surface area contributed by atoms with Crippen molar-refractivity contribution in [2.45, 2.75) is 37.0 Å². The number of fused-ring (bicyclic) bond motifs is 1. The Hall–Kier alpha value is -3.51. The van der Waals surface area contributed by atoms with Crippen molar-refractivity contribution in [3.63, 3.8) is 0 Å². The zero-order valence-electron chi connectivity index (χ0n) is 19.9. The van der Waals surface area contributed by atoms with Gasteiger partial charge in [0.2, 0.25) is 0 Å². The number of thioether (sulfide) groups is 1. The van der Waals surface area contributed by atoms with Crippen LogP contribution in [0.3, 0.4) is 0 Å². The predicted octanol–water partition coefficient (Wildman–Crippen LogP) is 6.44. The van der Waals surface area contributed by atoms with Crippen LogP contribution < -0.4 is 5.32 Å². The van der Waals surface area contributed by atoms with Crippen molar-refractivity contribution < 1.29 is 9.59 Å². The van der Waals surface area contributed by atoms with Crippen LogP contribution in [0.5, 0.6) is 0 Å². The number of benzene rings is 3. The molecule has 1 aromatic heterocycles. The number of nitrogens with zero attached hydrogens (tertiary/aromatic N) is 2. The van der Waals surface area contributed by atoms with Crippen molar-refractivity contribution in [1.29, 1.82) is 0 Å². The second kappa shape index (κ2) is 10.4. The van der Waals surface area contributed by atoms with Crippen molar-refractivity contribution in [3.05, 3.63) is 95.7 Å². The number of carbonyl (C=O) groups excluding carboxylic acids is 2. The van der Waals surface area contributed by atoms with Crippen LogP contribution in [0.4, 0.5) is 5.69 Å². The first kappa shape index (κ1) is 23.2. The minimum Gasteiger partial charge on any atom is -0.337 e. The summed E-state index contributed by atoms with van der Waals surface area (Å²) in [5.74, 6) is 0.759. The maximum atomic E-state index is 13.2. The van der Waals surface area contributed by atoms with Crippen LogP contribution in [-0.2, 0) is 12.3 Å². The molecule has 2 amide bonds. The lowest BCUT2D eigenvalue weighted by molar-refractivity contribution is 0.0782. The molecular weight excluding hydrogens is 454 g/mol. The number of anilines is 1.